The molecule has 1 aromatic heterocycles. The maximum atomic E-state index is 5.96. The summed E-state index contributed by atoms with van der Waals surface area (Å²) in [6, 6.07) is 8.18. The minimum Gasteiger partial charge on any atom is -0.488 e. The number of fused-ring (bicyclic) bond motifs is 1. The van der Waals surface area contributed by atoms with Crippen LogP contribution in [0.5, 0.6) is 5.75 Å². The lowest BCUT2D eigenvalue weighted by Gasteiger charge is -2.15. The van der Waals surface area contributed by atoms with Gasteiger partial charge in [0, 0.05) is 18.4 Å². The average Bonchev–Trinajstić information content (AvgIpc) is 3.23. The van der Waals surface area contributed by atoms with Crippen LogP contribution in [0.2, 0.25) is 0 Å². The van der Waals surface area contributed by atoms with E-state index in [1.54, 1.807) is 6.20 Å². The van der Waals surface area contributed by atoms with Crippen LogP contribution in [-0.2, 0) is 18.4 Å². The van der Waals surface area contributed by atoms with Crippen molar-refractivity contribution in [3.05, 3.63) is 47.7 Å². The molecule has 0 saturated heterocycles. The molecule has 0 aliphatic carbocycles. The van der Waals surface area contributed by atoms with Crippen molar-refractivity contribution in [3.8, 4) is 5.75 Å². The van der Waals surface area contributed by atoms with Crippen molar-refractivity contribution in [2.24, 2.45) is 4.99 Å². The van der Waals surface area contributed by atoms with Crippen LogP contribution < -0.4 is 15.4 Å². The van der Waals surface area contributed by atoms with Crippen molar-refractivity contribution in [2.45, 2.75) is 52.2 Å². The Kier molecular flexibility index (Phi) is 7.52. The molecule has 1 unspecified atom stereocenters. The molecule has 27 heavy (non-hydrogen) atoms. The van der Waals surface area contributed by atoms with Crippen molar-refractivity contribution in [1.29, 1.82) is 0 Å². The molecular weight excluding hydrogens is 455 g/mol. The van der Waals surface area contributed by atoms with E-state index in [2.05, 4.69) is 47.4 Å². The predicted octanol–water partition coefficient (Wildman–Crippen LogP) is 3.65. The third-order valence-corrected chi connectivity index (χ3v) is 4.22. The molecule has 2 heterocycles. The molecule has 0 bridgehead atoms. The van der Waals surface area contributed by atoms with E-state index in [4.69, 9.17) is 9.15 Å². The van der Waals surface area contributed by atoms with Gasteiger partial charge in [0.15, 0.2) is 5.96 Å². The van der Waals surface area contributed by atoms with Crippen LogP contribution in [0.15, 0.2) is 39.9 Å². The van der Waals surface area contributed by atoms with Crippen LogP contribution in [0.4, 0.5) is 0 Å². The van der Waals surface area contributed by atoms with Gasteiger partial charge in [0.1, 0.15) is 24.2 Å². The lowest BCUT2D eigenvalue weighted by Crippen LogP contribution is -2.42. The lowest BCUT2D eigenvalue weighted by atomic mass is 9.94. The maximum Gasteiger partial charge on any atom is 0.216 e. The summed E-state index contributed by atoms with van der Waals surface area (Å²) < 4.78 is 11.8. The minimum atomic E-state index is -0.0491. The fourth-order valence-corrected chi connectivity index (χ4v) is 2.80. The zero-order valence-electron chi connectivity index (χ0n) is 16.4. The molecule has 1 aromatic carbocycles. The molecule has 1 atom stereocenters. The minimum absolute atomic E-state index is 0. The predicted molar refractivity (Wildman–Crippen MR) is 118 cm³/mol. The van der Waals surface area contributed by atoms with E-state index in [-0.39, 0.29) is 35.5 Å². The highest BCUT2D eigenvalue weighted by atomic mass is 127. The number of aromatic nitrogens is 1. The standard InChI is InChI=1S/C20H28N4O2.HI/c1-5-21-19(24-13-18-22-12-17(26-18)20(2,3)4)23-11-15-10-14-8-6-7-9-16(14)25-15;/h6-9,12,15H,5,10-11,13H2,1-4H3,(H2,21,23,24);1H. The second-order valence-corrected chi connectivity index (χ2v) is 7.50. The van der Waals surface area contributed by atoms with E-state index in [1.165, 1.54) is 5.56 Å². The highest BCUT2D eigenvalue weighted by Gasteiger charge is 2.22. The van der Waals surface area contributed by atoms with Gasteiger partial charge < -0.3 is 19.8 Å². The van der Waals surface area contributed by atoms with Crippen molar-refractivity contribution in [3.63, 3.8) is 0 Å². The van der Waals surface area contributed by atoms with Gasteiger partial charge in [-0.05, 0) is 18.6 Å². The lowest BCUT2D eigenvalue weighted by molar-refractivity contribution is 0.235. The molecule has 1 aliphatic rings. The highest BCUT2D eigenvalue weighted by molar-refractivity contribution is 14.0. The molecule has 6 nitrogen and oxygen atoms in total. The number of oxazole rings is 1. The normalized spacial score (nSPS) is 16.3. The first-order valence-electron chi connectivity index (χ1n) is 9.17. The van der Waals surface area contributed by atoms with Crippen LogP contribution in [0.1, 0.15) is 44.9 Å². The van der Waals surface area contributed by atoms with Crippen LogP contribution in [-0.4, -0.2) is 30.1 Å². The van der Waals surface area contributed by atoms with Crippen molar-refractivity contribution < 1.29 is 9.15 Å². The number of hydrogen-bond donors (Lipinski definition) is 2. The van der Waals surface area contributed by atoms with E-state index < -0.39 is 0 Å². The van der Waals surface area contributed by atoms with Gasteiger partial charge in [-0.3, -0.25) is 0 Å². The molecular formula is C20H29IN4O2. The number of nitrogens with one attached hydrogen (secondary N) is 2. The summed E-state index contributed by atoms with van der Waals surface area (Å²) in [4.78, 5) is 8.90. The summed E-state index contributed by atoms with van der Waals surface area (Å²) in [6.45, 7) is 10.2. The third kappa shape index (κ3) is 5.85. The Morgan fingerprint density at radius 2 is 2.04 bits per heavy atom. The summed E-state index contributed by atoms with van der Waals surface area (Å²) in [5, 5.41) is 6.60. The van der Waals surface area contributed by atoms with Crippen LogP contribution in [0.3, 0.4) is 0 Å². The third-order valence-electron chi connectivity index (χ3n) is 4.22. The fraction of sp³-hybridized carbons (Fsp3) is 0.500. The zero-order valence-corrected chi connectivity index (χ0v) is 18.7. The molecule has 148 valence electrons. The van der Waals surface area contributed by atoms with Crippen LogP contribution >= 0.6 is 24.0 Å². The quantitative estimate of drug-likeness (QED) is 0.385. The Hall–Kier alpha value is -1.77. The molecule has 0 spiro atoms. The summed E-state index contributed by atoms with van der Waals surface area (Å²) >= 11 is 0. The van der Waals surface area contributed by atoms with E-state index in [0.717, 1.165) is 30.4 Å². The Bertz CT molecular complexity index is 742. The van der Waals surface area contributed by atoms with E-state index in [9.17, 15) is 0 Å². The smallest absolute Gasteiger partial charge is 0.216 e. The van der Waals surface area contributed by atoms with Gasteiger partial charge in [-0.1, -0.05) is 39.0 Å². The topological polar surface area (TPSA) is 71.7 Å². The van der Waals surface area contributed by atoms with E-state index in [0.29, 0.717) is 19.0 Å². The molecule has 0 fully saturated rings. The Morgan fingerprint density at radius 1 is 1.26 bits per heavy atom. The van der Waals surface area contributed by atoms with E-state index in [1.807, 2.05) is 25.1 Å². The fourth-order valence-electron chi connectivity index (χ4n) is 2.80. The average molecular weight is 484 g/mol. The molecule has 7 heteroatoms. The largest absolute Gasteiger partial charge is 0.488 e. The Labute approximate surface area is 178 Å². The van der Waals surface area contributed by atoms with Gasteiger partial charge >= 0.3 is 0 Å². The molecule has 0 saturated carbocycles. The van der Waals surface area contributed by atoms with Gasteiger partial charge in [-0.25, -0.2) is 9.98 Å². The summed E-state index contributed by atoms with van der Waals surface area (Å²) in [5.41, 5.74) is 1.21. The zero-order chi connectivity index (χ0) is 18.6. The highest BCUT2D eigenvalue weighted by Crippen LogP contribution is 2.27. The maximum absolute atomic E-state index is 5.96. The number of para-hydroxylation sites is 1. The van der Waals surface area contributed by atoms with E-state index >= 15 is 0 Å². The number of nitrogens with zero attached hydrogens (tertiary/aromatic N) is 2. The number of hydrogen-bond acceptors (Lipinski definition) is 4. The number of rotatable bonds is 5. The molecule has 3 rings (SSSR count). The SMILES string of the molecule is CCNC(=NCc1ncc(C(C)(C)C)o1)NCC1Cc2ccccc2O1.I. The van der Waals surface area contributed by atoms with Crippen molar-refractivity contribution in [1.82, 2.24) is 15.6 Å². The first kappa shape index (κ1) is 21.5. The Balaban J connectivity index is 0.00000261. The molecule has 2 N–H and O–H groups in total. The molecule has 0 amide bonds. The first-order valence-corrected chi connectivity index (χ1v) is 9.17. The molecule has 1 aliphatic heterocycles. The van der Waals surface area contributed by atoms with Gasteiger partial charge in [0.2, 0.25) is 5.89 Å². The number of aliphatic imine (C=N–C) groups is 1. The second kappa shape index (κ2) is 9.43. The van der Waals surface area contributed by atoms with Gasteiger partial charge in [-0.15, -0.1) is 24.0 Å². The number of benzene rings is 1. The Morgan fingerprint density at radius 3 is 2.70 bits per heavy atom. The summed E-state index contributed by atoms with van der Waals surface area (Å²) in [6.07, 6.45) is 2.82. The summed E-state index contributed by atoms with van der Waals surface area (Å²) in [7, 11) is 0. The second-order valence-electron chi connectivity index (χ2n) is 7.50. The molecule has 2 aromatic rings. The monoisotopic (exact) mass is 484 g/mol. The number of ether oxygens (including phenoxy) is 1. The van der Waals surface area contributed by atoms with Crippen molar-refractivity contribution >= 4 is 29.9 Å². The first-order chi connectivity index (χ1) is 12.5. The van der Waals surface area contributed by atoms with Gasteiger partial charge in [-0.2, -0.15) is 0 Å². The van der Waals surface area contributed by atoms with Crippen LogP contribution in [0, 0.1) is 0 Å². The molecule has 0 radical (unpaired) electrons. The van der Waals surface area contributed by atoms with Gasteiger partial charge in [0.05, 0.1) is 12.7 Å². The summed E-state index contributed by atoms with van der Waals surface area (Å²) in [5.74, 6) is 3.22. The van der Waals surface area contributed by atoms with Crippen LogP contribution in [0.25, 0.3) is 0 Å². The van der Waals surface area contributed by atoms with Crippen molar-refractivity contribution in [2.75, 3.05) is 13.1 Å². The number of halogens is 1. The number of guanidine groups is 1. The van der Waals surface area contributed by atoms with Gasteiger partial charge in [0.25, 0.3) is 0 Å².